The third-order valence-corrected chi connectivity index (χ3v) is 18.4. The van der Waals surface area contributed by atoms with Crippen LogP contribution in [0.15, 0.2) is 41.1 Å². The number of halogens is 3. The highest BCUT2D eigenvalue weighted by atomic mass is 79.9. The second kappa shape index (κ2) is 46.1. The van der Waals surface area contributed by atoms with Crippen LogP contribution < -0.4 is 10.6 Å². The summed E-state index contributed by atoms with van der Waals surface area (Å²) in [6.45, 7) is 0. The van der Waals surface area contributed by atoms with Gasteiger partial charge in [0.25, 0.3) is 5.91 Å². The van der Waals surface area contributed by atoms with Crippen molar-refractivity contribution in [2.24, 2.45) is 0 Å². The van der Waals surface area contributed by atoms with Gasteiger partial charge in [0.1, 0.15) is 11.7 Å². The van der Waals surface area contributed by atoms with Gasteiger partial charge in [-0.3, -0.25) is 14.8 Å². The number of anilines is 1. The first-order chi connectivity index (χ1) is 38.8. The summed E-state index contributed by atoms with van der Waals surface area (Å²) >= 11 is 16.1. The first-order valence-electron chi connectivity index (χ1n) is 33.4. The molecule has 450 valence electrons. The molecule has 0 radical (unpaired) electrons. The van der Waals surface area contributed by atoms with Gasteiger partial charge in [-0.05, 0) is 53.7 Å². The summed E-state index contributed by atoms with van der Waals surface area (Å²) in [6, 6.07) is 2.53. The van der Waals surface area contributed by atoms with Crippen LogP contribution in [-0.2, 0) is 16.0 Å². The van der Waals surface area contributed by atoms with Gasteiger partial charge < -0.3 is 20.5 Å². The Bertz CT molecular complexity index is 1810. The van der Waals surface area contributed by atoms with Crippen LogP contribution in [-0.4, -0.2) is 38.6 Å². The third-order valence-electron chi connectivity index (χ3n) is 17.3. The summed E-state index contributed by atoms with van der Waals surface area (Å²) < 4.78 is 7.15. The predicted molar refractivity (Wildman–Crippen MR) is 340 cm³/mol. The lowest BCUT2D eigenvalue weighted by Gasteiger charge is -2.46. The molecule has 0 saturated heterocycles. The van der Waals surface area contributed by atoms with Crippen molar-refractivity contribution in [2.75, 3.05) is 5.32 Å². The normalized spacial score (nSPS) is 21.4. The second-order valence-corrected chi connectivity index (χ2v) is 25.8. The molecule has 1 aliphatic heterocycles. The van der Waals surface area contributed by atoms with Crippen molar-refractivity contribution in [3.63, 3.8) is 0 Å². The molecular formula is C68H113BrCl2N4O4. The molecule has 0 bridgehead atoms. The van der Waals surface area contributed by atoms with Gasteiger partial charge >= 0.3 is 5.97 Å². The maximum Gasteiger partial charge on any atom is 0.326 e. The average Bonchev–Trinajstić information content (AvgIpc) is 3.50. The van der Waals surface area contributed by atoms with E-state index in [2.05, 4.69) is 36.5 Å². The van der Waals surface area contributed by atoms with Gasteiger partial charge in [0.15, 0.2) is 10.3 Å². The van der Waals surface area contributed by atoms with Crippen molar-refractivity contribution in [3.8, 4) is 0 Å². The number of carboxylic acids is 1. The SMILES string of the molecule is O=C(Nc1ccc(C[C@H](NC2=C(Br)OC23CCCCCCCCCCCCCCCCCCCCCCCCCCCCCCCCCCCCCCCCCCCCCCCCCCC3)C(=O)O)nc1)c1c(Cl)cncc1Cl. The number of carbonyl (C=O) groups is 2. The van der Waals surface area contributed by atoms with Gasteiger partial charge in [-0.2, -0.15) is 0 Å². The molecule has 1 saturated carbocycles. The standard InChI is InChI=1S/C68H113BrCl2N4O4/c69-65-64(75-62(67(77)78)54-58-50-51-59(55-73-58)74-66(76)63-60(70)56-72-57-61(63)71)68(79-65)52-48-46-44-42-40-38-36-34-32-30-28-26-24-22-20-18-16-14-12-10-8-6-4-2-1-3-5-7-9-11-13-15-17-19-21-23-25-27-29-31-33-35-37-39-41-43-45-47-49-53-68/h50-51,55-57,62,75H,1-49,52-54H2,(H,74,76)(H,77,78)/t62-/m0/s1. The number of amides is 1. The van der Waals surface area contributed by atoms with Crippen LogP contribution in [0.5, 0.6) is 0 Å². The summed E-state index contributed by atoms with van der Waals surface area (Å²) in [7, 11) is 0. The van der Waals surface area contributed by atoms with Gasteiger partial charge in [-0.1, -0.05) is 325 Å². The van der Waals surface area contributed by atoms with E-state index in [-0.39, 0.29) is 22.0 Å². The highest BCUT2D eigenvalue weighted by Crippen LogP contribution is 2.47. The van der Waals surface area contributed by atoms with Gasteiger partial charge in [-0.15, -0.1) is 0 Å². The minimum absolute atomic E-state index is 0.130. The Morgan fingerprint density at radius 2 is 0.772 bits per heavy atom. The summed E-state index contributed by atoms with van der Waals surface area (Å²) in [5.41, 5.74) is 1.50. The van der Waals surface area contributed by atoms with Crippen molar-refractivity contribution in [3.05, 3.63) is 62.4 Å². The highest BCUT2D eigenvalue weighted by molar-refractivity contribution is 9.11. The molecule has 2 aromatic rings. The number of carboxylic acid groups (broad SMARTS) is 1. The topological polar surface area (TPSA) is 113 Å². The van der Waals surface area contributed by atoms with Crippen LogP contribution in [0.1, 0.15) is 344 Å². The smallest absolute Gasteiger partial charge is 0.326 e. The Labute approximate surface area is 501 Å². The fourth-order valence-corrected chi connectivity index (χ4v) is 13.5. The van der Waals surface area contributed by atoms with E-state index in [1.54, 1.807) is 12.1 Å². The largest absolute Gasteiger partial charge is 0.480 e. The summed E-state index contributed by atoms with van der Waals surface area (Å²) in [5.74, 6) is -1.43. The number of hydrogen-bond acceptors (Lipinski definition) is 6. The lowest BCUT2D eigenvalue weighted by Crippen LogP contribution is -2.53. The van der Waals surface area contributed by atoms with Crippen molar-refractivity contribution in [2.45, 2.75) is 346 Å². The van der Waals surface area contributed by atoms with Gasteiger partial charge in [0, 0.05) is 24.5 Å². The number of aliphatic carboxylic acids is 1. The first kappa shape index (κ1) is 69.1. The van der Waals surface area contributed by atoms with Gasteiger partial charge in [-0.25, -0.2) is 4.79 Å². The quantitative estimate of drug-likeness (QED) is 0.253. The van der Waals surface area contributed by atoms with Crippen molar-refractivity contribution in [1.82, 2.24) is 15.3 Å². The van der Waals surface area contributed by atoms with Crippen LogP contribution in [0.25, 0.3) is 0 Å². The molecule has 79 heavy (non-hydrogen) atoms. The highest BCUT2D eigenvalue weighted by Gasteiger charge is 2.47. The Kier molecular flexibility index (Phi) is 40.3. The number of rotatable bonds is 7. The van der Waals surface area contributed by atoms with E-state index in [1.165, 1.54) is 308 Å². The average molecular weight is 1200 g/mol. The molecular weight excluding hydrogens is 1090 g/mol. The van der Waals surface area contributed by atoms with E-state index >= 15 is 0 Å². The molecule has 4 rings (SSSR count). The maximum atomic E-state index is 12.9. The van der Waals surface area contributed by atoms with E-state index in [0.717, 1.165) is 44.2 Å². The number of carbonyl (C=O) groups excluding carboxylic acids is 1. The maximum absolute atomic E-state index is 12.9. The predicted octanol–water partition coefficient (Wildman–Crippen LogP) is 22.9. The van der Waals surface area contributed by atoms with Crippen LogP contribution in [0.4, 0.5) is 5.69 Å². The lowest BCUT2D eigenvalue weighted by atomic mass is 9.83. The summed E-state index contributed by atoms with van der Waals surface area (Å²) in [6.07, 6.45) is 74.1. The molecule has 1 aliphatic carbocycles. The molecule has 1 fully saturated rings. The van der Waals surface area contributed by atoms with Crippen molar-refractivity contribution in [1.29, 1.82) is 0 Å². The van der Waals surface area contributed by atoms with E-state index < -0.39 is 23.5 Å². The summed E-state index contributed by atoms with van der Waals surface area (Å²) in [5, 5.41) is 17.0. The van der Waals surface area contributed by atoms with E-state index in [4.69, 9.17) is 27.9 Å². The van der Waals surface area contributed by atoms with Gasteiger partial charge in [0.2, 0.25) is 0 Å². The van der Waals surface area contributed by atoms with Gasteiger partial charge in [0.05, 0.1) is 27.5 Å². The first-order valence-corrected chi connectivity index (χ1v) is 35.0. The number of aromatic nitrogens is 2. The minimum Gasteiger partial charge on any atom is -0.480 e. The molecule has 0 aromatic carbocycles. The van der Waals surface area contributed by atoms with E-state index in [0.29, 0.717) is 16.0 Å². The molecule has 1 atom stereocenters. The zero-order valence-corrected chi connectivity index (χ0v) is 53.0. The molecule has 3 heterocycles. The van der Waals surface area contributed by atoms with E-state index in [1.807, 2.05) is 0 Å². The number of nitrogens with one attached hydrogen (secondary N) is 2. The molecule has 0 unspecified atom stereocenters. The molecule has 1 amide bonds. The Hall–Kier alpha value is -2.36. The lowest BCUT2D eigenvalue weighted by molar-refractivity contribution is -0.139. The molecule has 8 nitrogen and oxygen atoms in total. The number of ether oxygens (including phenoxy) is 1. The van der Waals surface area contributed by atoms with Crippen LogP contribution in [0.2, 0.25) is 10.0 Å². The van der Waals surface area contributed by atoms with Crippen LogP contribution in [0, 0.1) is 0 Å². The minimum atomic E-state index is -0.953. The van der Waals surface area contributed by atoms with Crippen LogP contribution in [0.3, 0.4) is 0 Å². The Morgan fingerprint density at radius 1 is 0.481 bits per heavy atom. The monoisotopic (exact) mass is 1200 g/mol. The molecule has 2 aromatic heterocycles. The molecule has 3 N–H and O–H groups in total. The third kappa shape index (κ3) is 32.3. The summed E-state index contributed by atoms with van der Waals surface area (Å²) in [4.78, 5) is 34.2. The number of hydrogen-bond donors (Lipinski definition) is 3. The Balaban J connectivity index is 1.17. The number of nitrogens with zero attached hydrogens (tertiary/aromatic N) is 2. The van der Waals surface area contributed by atoms with Crippen LogP contribution >= 0.6 is 39.1 Å². The number of pyridine rings is 2. The Morgan fingerprint density at radius 3 is 1.03 bits per heavy atom. The molecule has 1 spiro atoms. The zero-order chi connectivity index (χ0) is 56.1. The fourth-order valence-electron chi connectivity index (χ4n) is 12.2. The molecule has 2 aliphatic rings. The van der Waals surface area contributed by atoms with E-state index in [9.17, 15) is 14.7 Å². The van der Waals surface area contributed by atoms with Crippen molar-refractivity contribution >= 4 is 56.7 Å². The second-order valence-electron chi connectivity index (χ2n) is 24.3. The van der Waals surface area contributed by atoms with Crippen molar-refractivity contribution < 1.29 is 19.4 Å². The molecule has 11 heteroatoms. The zero-order valence-electron chi connectivity index (χ0n) is 49.9. The fraction of sp³-hybridized carbons (Fsp3) is 0.794.